The van der Waals surface area contributed by atoms with Crippen LogP contribution in [0.5, 0.6) is 0 Å². The molecule has 0 spiro atoms. The van der Waals surface area contributed by atoms with E-state index in [4.69, 9.17) is 16.0 Å². The first-order valence-electron chi connectivity index (χ1n) is 7.48. The van der Waals surface area contributed by atoms with Crippen LogP contribution in [0, 0.1) is 20.8 Å². The average Bonchev–Trinajstić information content (AvgIpc) is 2.50. The zero-order valence-corrected chi connectivity index (χ0v) is 14.1. The highest BCUT2D eigenvalue weighted by molar-refractivity contribution is 6.31. The van der Waals surface area contributed by atoms with Gasteiger partial charge in [-0.15, -0.1) is 0 Å². The third-order valence-electron chi connectivity index (χ3n) is 4.18. The molecule has 3 nitrogen and oxygen atoms in total. The Morgan fingerprint density at radius 2 is 1.83 bits per heavy atom. The molecule has 0 saturated carbocycles. The second-order valence-corrected chi connectivity index (χ2v) is 6.20. The van der Waals surface area contributed by atoms with Gasteiger partial charge in [-0.2, -0.15) is 0 Å². The Balaban J connectivity index is 2.01. The van der Waals surface area contributed by atoms with E-state index in [1.165, 1.54) is 5.56 Å². The molecule has 1 aromatic heterocycles. The maximum atomic E-state index is 11.8. The number of nitrogens with one attached hydrogen (secondary N) is 1. The zero-order valence-electron chi connectivity index (χ0n) is 13.4. The zero-order chi connectivity index (χ0) is 16.6. The number of anilines is 1. The van der Waals surface area contributed by atoms with E-state index in [-0.39, 0.29) is 5.63 Å². The minimum Gasteiger partial charge on any atom is -0.423 e. The normalized spacial score (nSPS) is 11.0. The van der Waals surface area contributed by atoms with Crippen molar-refractivity contribution in [3.05, 3.63) is 74.1 Å². The molecule has 118 valence electrons. The second kappa shape index (κ2) is 6.09. The fraction of sp³-hybridized carbons (Fsp3) is 0.211. The molecule has 0 amide bonds. The minimum atomic E-state index is -0.333. The lowest BCUT2D eigenvalue weighted by atomic mass is 10.0. The Bertz CT molecular complexity index is 944. The van der Waals surface area contributed by atoms with Crippen molar-refractivity contribution in [3.63, 3.8) is 0 Å². The van der Waals surface area contributed by atoms with Gasteiger partial charge in [-0.05, 0) is 67.3 Å². The van der Waals surface area contributed by atoms with Crippen LogP contribution in [0.15, 0.2) is 45.6 Å². The molecular weight excluding hydrogens is 310 g/mol. The average molecular weight is 328 g/mol. The topological polar surface area (TPSA) is 42.2 Å². The van der Waals surface area contributed by atoms with Gasteiger partial charge in [0, 0.05) is 28.7 Å². The quantitative estimate of drug-likeness (QED) is 0.689. The van der Waals surface area contributed by atoms with Gasteiger partial charge in [-0.3, -0.25) is 0 Å². The van der Waals surface area contributed by atoms with Crippen LogP contribution in [-0.4, -0.2) is 0 Å². The van der Waals surface area contributed by atoms with Crippen LogP contribution in [0.1, 0.15) is 22.3 Å². The van der Waals surface area contributed by atoms with Crippen LogP contribution < -0.4 is 10.9 Å². The lowest BCUT2D eigenvalue weighted by Gasteiger charge is -2.12. The van der Waals surface area contributed by atoms with Crippen LogP contribution in [-0.2, 0) is 6.54 Å². The van der Waals surface area contributed by atoms with E-state index in [0.717, 1.165) is 32.8 Å². The first-order chi connectivity index (χ1) is 11.0. The summed E-state index contributed by atoms with van der Waals surface area (Å²) in [5.74, 6) is 0. The second-order valence-electron chi connectivity index (χ2n) is 5.79. The summed E-state index contributed by atoms with van der Waals surface area (Å²) in [6, 6.07) is 11.3. The molecule has 0 radical (unpaired) electrons. The summed E-state index contributed by atoms with van der Waals surface area (Å²) < 4.78 is 5.33. The Kier molecular flexibility index (Phi) is 4.14. The predicted octanol–water partition coefficient (Wildman–Crippen LogP) is 4.98. The largest absolute Gasteiger partial charge is 0.423 e. The number of hydrogen-bond acceptors (Lipinski definition) is 3. The SMILES string of the molecule is Cc1cc2oc(=O)cc(CNc3cccc(Cl)c3C)c2cc1C. The lowest BCUT2D eigenvalue weighted by Crippen LogP contribution is -2.07. The Morgan fingerprint density at radius 3 is 2.61 bits per heavy atom. The molecule has 3 rings (SSSR count). The molecule has 0 fully saturated rings. The van der Waals surface area contributed by atoms with Crippen molar-refractivity contribution in [2.45, 2.75) is 27.3 Å². The standard InChI is InChI=1S/C19H18ClNO2/c1-11-7-15-14(9-19(22)23-18(15)8-12(11)2)10-21-17-6-4-5-16(20)13(17)3/h4-9,21H,10H2,1-3H3. The van der Waals surface area contributed by atoms with E-state index in [0.29, 0.717) is 12.1 Å². The van der Waals surface area contributed by atoms with Gasteiger partial charge in [-0.1, -0.05) is 17.7 Å². The van der Waals surface area contributed by atoms with Crippen LogP contribution >= 0.6 is 11.6 Å². The highest BCUT2D eigenvalue weighted by Crippen LogP contribution is 2.25. The first kappa shape index (κ1) is 15.6. The molecular formula is C19H18ClNO2. The summed E-state index contributed by atoms with van der Waals surface area (Å²) in [7, 11) is 0. The van der Waals surface area contributed by atoms with Crippen molar-refractivity contribution in [1.29, 1.82) is 0 Å². The highest BCUT2D eigenvalue weighted by atomic mass is 35.5. The molecule has 2 aromatic carbocycles. The molecule has 0 atom stereocenters. The van der Waals surface area contributed by atoms with E-state index < -0.39 is 0 Å². The smallest absolute Gasteiger partial charge is 0.336 e. The molecule has 4 heteroatoms. The molecule has 1 heterocycles. The fourth-order valence-corrected chi connectivity index (χ4v) is 2.79. The van der Waals surface area contributed by atoms with E-state index in [9.17, 15) is 4.79 Å². The molecule has 0 aliphatic rings. The summed E-state index contributed by atoms with van der Waals surface area (Å²) in [6.45, 7) is 6.56. The number of rotatable bonds is 3. The van der Waals surface area contributed by atoms with Gasteiger partial charge in [0.15, 0.2) is 0 Å². The Hall–Kier alpha value is -2.26. The molecule has 0 saturated heterocycles. The summed E-state index contributed by atoms with van der Waals surface area (Å²) in [5.41, 5.74) is 5.44. The van der Waals surface area contributed by atoms with Gasteiger partial charge < -0.3 is 9.73 Å². The van der Waals surface area contributed by atoms with Gasteiger partial charge in [0.2, 0.25) is 0 Å². The van der Waals surface area contributed by atoms with Crippen molar-refractivity contribution in [1.82, 2.24) is 0 Å². The molecule has 1 N–H and O–H groups in total. The number of benzene rings is 2. The molecule has 23 heavy (non-hydrogen) atoms. The minimum absolute atomic E-state index is 0.333. The van der Waals surface area contributed by atoms with Crippen molar-refractivity contribution >= 4 is 28.3 Å². The van der Waals surface area contributed by atoms with E-state index in [2.05, 4.69) is 18.3 Å². The maximum absolute atomic E-state index is 11.8. The van der Waals surface area contributed by atoms with Crippen molar-refractivity contribution in [3.8, 4) is 0 Å². The summed E-state index contributed by atoms with van der Waals surface area (Å²) in [6.07, 6.45) is 0. The summed E-state index contributed by atoms with van der Waals surface area (Å²) >= 11 is 6.15. The van der Waals surface area contributed by atoms with Gasteiger partial charge in [0.1, 0.15) is 5.58 Å². The van der Waals surface area contributed by atoms with E-state index in [1.807, 2.05) is 38.1 Å². The lowest BCUT2D eigenvalue weighted by molar-refractivity contribution is 0.559. The van der Waals surface area contributed by atoms with E-state index in [1.54, 1.807) is 6.07 Å². The fourth-order valence-electron chi connectivity index (χ4n) is 2.62. The molecule has 0 aliphatic carbocycles. The summed E-state index contributed by atoms with van der Waals surface area (Å²) in [4.78, 5) is 11.8. The molecule has 0 unspecified atom stereocenters. The van der Waals surface area contributed by atoms with Gasteiger partial charge in [0.25, 0.3) is 0 Å². The maximum Gasteiger partial charge on any atom is 0.336 e. The molecule has 0 bridgehead atoms. The Labute approximate surface area is 139 Å². The predicted molar refractivity (Wildman–Crippen MR) is 95.5 cm³/mol. The third-order valence-corrected chi connectivity index (χ3v) is 4.59. The Morgan fingerprint density at radius 1 is 1.09 bits per heavy atom. The van der Waals surface area contributed by atoms with Crippen LogP contribution in [0.25, 0.3) is 11.0 Å². The number of halogens is 1. The van der Waals surface area contributed by atoms with Gasteiger partial charge in [-0.25, -0.2) is 4.79 Å². The highest BCUT2D eigenvalue weighted by Gasteiger charge is 2.09. The van der Waals surface area contributed by atoms with Crippen LogP contribution in [0.3, 0.4) is 0 Å². The monoisotopic (exact) mass is 327 g/mol. The van der Waals surface area contributed by atoms with Gasteiger partial charge in [0.05, 0.1) is 0 Å². The summed E-state index contributed by atoms with van der Waals surface area (Å²) in [5, 5.41) is 5.04. The van der Waals surface area contributed by atoms with Crippen LogP contribution in [0.4, 0.5) is 5.69 Å². The number of hydrogen-bond donors (Lipinski definition) is 1. The number of aryl methyl sites for hydroxylation is 2. The van der Waals surface area contributed by atoms with Gasteiger partial charge >= 0.3 is 5.63 Å². The van der Waals surface area contributed by atoms with Crippen molar-refractivity contribution in [2.75, 3.05) is 5.32 Å². The molecule has 0 aliphatic heterocycles. The number of fused-ring (bicyclic) bond motifs is 1. The van der Waals surface area contributed by atoms with Crippen molar-refractivity contribution < 1.29 is 4.42 Å². The molecule has 3 aromatic rings. The first-order valence-corrected chi connectivity index (χ1v) is 7.86. The van der Waals surface area contributed by atoms with Crippen molar-refractivity contribution in [2.24, 2.45) is 0 Å². The third kappa shape index (κ3) is 3.10. The van der Waals surface area contributed by atoms with E-state index >= 15 is 0 Å². The van der Waals surface area contributed by atoms with Crippen LogP contribution in [0.2, 0.25) is 5.02 Å².